The first-order chi connectivity index (χ1) is 19.1. The van der Waals surface area contributed by atoms with E-state index in [1.807, 2.05) is 49.4 Å². The summed E-state index contributed by atoms with van der Waals surface area (Å²) in [5, 5.41) is 6.57. The molecule has 2 N–H and O–H groups in total. The van der Waals surface area contributed by atoms with E-state index in [1.165, 1.54) is 16.9 Å². The molecular weight excluding hydrogens is 512 g/mol. The van der Waals surface area contributed by atoms with E-state index in [1.54, 1.807) is 0 Å². The Morgan fingerprint density at radius 2 is 1.90 bits per heavy atom. The van der Waals surface area contributed by atoms with Crippen LogP contribution in [0.1, 0.15) is 48.2 Å². The van der Waals surface area contributed by atoms with Crippen LogP contribution in [0.2, 0.25) is 0 Å². The molecule has 2 heterocycles. The quantitative estimate of drug-likeness (QED) is 0.363. The maximum Gasteiger partial charge on any atom is 0.264 e. The van der Waals surface area contributed by atoms with Gasteiger partial charge in [-0.25, -0.2) is 4.98 Å². The highest BCUT2D eigenvalue weighted by Gasteiger charge is 2.31. The molecule has 1 saturated heterocycles. The van der Waals surface area contributed by atoms with Crippen LogP contribution in [0.15, 0.2) is 54.6 Å². The molecule has 0 saturated carbocycles. The van der Waals surface area contributed by atoms with Gasteiger partial charge in [-0.1, -0.05) is 36.4 Å². The van der Waals surface area contributed by atoms with Crippen molar-refractivity contribution < 1.29 is 19.1 Å². The van der Waals surface area contributed by atoms with E-state index in [0.717, 1.165) is 61.6 Å². The van der Waals surface area contributed by atoms with Crippen LogP contribution in [0.25, 0.3) is 0 Å². The summed E-state index contributed by atoms with van der Waals surface area (Å²) < 4.78 is 11.3. The number of nitrogens with one attached hydrogen (secondary N) is 2. The Kier molecular flexibility index (Phi) is 9.11. The first kappa shape index (κ1) is 27.1. The standard InChI is InChI=1S/C30H36N4O4S/c1-2-37-25-13-7-6-9-22(25)19-34-16-15-21(18-34)17-31-29(36)24-12-8-14-26-28(24)33-30(39-26)32-27(35)20-38-23-10-4-3-5-11-23/h3-7,9-11,13,21,24H,2,8,12,14-20H2,1H3,(H,31,36)(H,32,33,35). The molecule has 2 aliphatic rings. The number of carbonyl (C=O) groups is 2. The van der Waals surface area contributed by atoms with Gasteiger partial charge in [0.1, 0.15) is 11.5 Å². The second-order valence-corrected chi connectivity index (χ2v) is 11.2. The van der Waals surface area contributed by atoms with Gasteiger partial charge in [0.25, 0.3) is 5.91 Å². The molecule has 2 amide bonds. The summed E-state index contributed by atoms with van der Waals surface area (Å²) in [4.78, 5) is 33.8. The van der Waals surface area contributed by atoms with Crippen molar-refractivity contribution in [2.75, 3.05) is 38.2 Å². The molecule has 0 bridgehead atoms. The van der Waals surface area contributed by atoms with Gasteiger partial charge in [-0.05, 0) is 63.3 Å². The molecule has 206 valence electrons. The van der Waals surface area contributed by atoms with Gasteiger partial charge in [-0.15, -0.1) is 11.3 Å². The Bertz CT molecular complexity index is 1260. The lowest BCUT2D eigenvalue weighted by atomic mass is 9.90. The van der Waals surface area contributed by atoms with Crippen LogP contribution in [-0.2, 0) is 22.6 Å². The van der Waals surface area contributed by atoms with E-state index in [4.69, 9.17) is 9.47 Å². The van der Waals surface area contributed by atoms with Gasteiger partial charge in [0.05, 0.1) is 18.2 Å². The van der Waals surface area contributed by atoms with Crippen LogP contribution < -0.4 is 20.1 Å². The summed E-state index contributed by atoms with van der Waals surface area (Å²) in [6, 6.07) is 17.4. The number of hydrogen-bond donors (Lipinski definition) is 2. The number of para-hydroxylation sites is 2. The van der Waals surface area contributed by atoms with E-state index >= 15 is 0 Å². The number of hydrogen-bond acceptors (Lipinski definition) is 7. The Balaban J connectivity index is 1.11. The van der Waals surface area contributed by atoms with Crippen LogP contribution in [0.5, 0.6) is 11.5 Å². The number of anilines is 1. The fraction of sp³-hybridized carbons (Fsp3) is 0.433. The molecule has 9 heteroatoms. The Morgan fingerprint density at radius 3 is 2.74 bits per heavy atom. The SMILES string of the molecule is CCOc1ccccc1CN1CCC(CNC(=O)C2CCCc3sc(NC(=O)COc4ccccc4)nc32)C1. The number of thiazole rings is 1. The predicted octanol–water partition coefficient (Wildman–Crippen LogP) is 4.62. The highest BCUT2D eigenvalue weighted by Crippen LogP contribution is 2.37. The number of aromatic nitrogens is 1. The second kappa shape index (κ2) is 13.1. The third kappa shape index (κ3) is 7.16. The van der Waals surface area contributed by atoms with Gasteiger partial charge in [-0.2, -0.15) is 0 Å². The van der Waals surface area contributed by atoms with Gasteiger partial charge in [0.2, 0.25) is 5.91 Å². The zero-order valence-electron chi connectivity index (χ0n) is 22.4. The number of amides is 2. The number of ether oxygens (including phenoxy) is 2. The maximum absolute atomic E-state index is 13.2. The van der Waals surface area contributed by atoms with Crippen molar-refractivity contribution in [3.05, 3.63) is 70.7 Å². The summed E-state index contributed by atoms with van der Waals surface area (Å²) in [6.45, 7) is 6.06. The summed E-state index contributed by atoms with van der Waals surface area (Å²) in [7, 11) is 0. The molecular formula is C30H36N4O4S. The normalized spacial score (nSPS) is 18.8. The van der Waals surface area contributed by atoms with Gasteiger partial charge < -0.3 is 14.8 Å². The van der Waals surface area contributed by atoms with Crippen molar-refractivity contribution in [3.63, 3.8) is 0 Å². The molecule has 0 spiro atoms. The number of rotatable bonds is 11. The van der Waals surface area contributed by atoms with Crippen molar-refractivity contribution in [2.24, 2.45) is 5.92 Å². The minimum atomic E-state index is -0.271. The fourth-order valence-electron chi connectivity index (χ4n) is 5.31. The minimum absolute atomic E-state index is 0.0340. The lowest BCUT2D eigenvalue weighted by molar-refractivity contribution is -0.123. The number of nitrogens with zero attached hydrogens (tertiary/aromatic N) is 2. The van der Waals surface area contributed by atoms with Crippen LogP contribution in [0, 0.1) is 5.92 Å². The molecule has 2 atom stereocenters. The van der Waals surface area contributed by atoms with Crippen molar-refractivity contribution in [1.29, 1.82) is 0 Å². The minimum Gasteiger partial charge on any atom is -0.494 e. The molecule has 5 rings (SSSR count). The van der Waals surface area contributed by atoms with E-state index in [-0.39, 0.29) is 24.3 Å². The van der Waals surface area contributed by atoms with Gasteiger partial charge in [-0.3, -0.25) is 19.8 Å². The van der Waals surface area contributed by atoms with Crippen molar-refractivity contribution >= 4 is 28.3 Å². The highest BCUT2D eigenvalue weighted by molar-refractivity contribution is 7.15. The smallest absolute Gasteiger partial charge is 0.264 e. The number of benzene rings is 2. The van der Waals surface area contributed by atoms with Crippen LogP contribution in [0.3, 0.4) is 0 Å². The molecule has 1 fully saturated rings. The molecule has 3 aromatic rings. The summed E-state index contributed by atoms with van der Waals surface area (Å²) in [5.41, 5.74) is 2.01. The Hall–Kier alpha value is -3.43. The van der Waals surface area contributed by atoms with Crippen molar-refractivity contribution in [2.45, 2.75) is 45.1 Å². The third-order valence-electron chi connectivity index (χ3n) is 7.23. The van der Waals surface area contributed by atoms with Gasteiger partial charge >= 0.3 is 0 Å². The fourth-order valence-corrected chi connectivity index (χ4v) is 6.39. The van der Waals surface area contributed by atoms with E-state index in [0.29, 0.717) is 30.0 Å². The van der Waals surface area contributed by atoms with Crippen LogP contribution >= 0.6 is 11.3 Å². The van der Waals surface area contributed by atoms with Gasteiger partial charge in [0.15, 0.2) is 11.7 Å². The van der Waals surface area contributed by atoms with Gasteiger partial charge in [0, 0.05) is 30.1 Å². The predicted molar refractivity (Wildman–Crippen MR) is 152 cm³/mol. The molecule has 1 aromatic heterocycles. The third-order valence-corrected chi connectivity index (χ3v) is 8.28. The largest absolute Gasteiger partial charge is 0.494 e. The lowest BCUT2D eigenvalue weighted by Gasteiger charge is -2.22. The first-order valence-corrected chi connectivity index (χ1v) is 14.6. The lowest BCUT2D eigenvalue weighted by Crippen LogP contribution is -2.35. The van der Waals surface area contributed by atoms with Crippen molar-refractivity contribution in [1.82, 2.24) is 15.2 Å². The average Bonchev–Trinajstić information content (AvgIpc) is 3.58. The molecule has 1 aliphatic heterocycles. The Labute approximate surface area is 233 Å². The average molecular weight is 549 g/mol. The molecule has 8 nitrogen and oxygen atoms in total. The number of fused-ring (bicyclic) bond motifs is 1. The van der Waals surface area contributed by atoms with Crippen LogP contribution in [0.4, 0.5) is 5.13 Å². The molecule has 2 aromatic carbocycles. The maximum atomic E-state index is 13.2. The Morgan fingerprint density at radius 1 is 1.08 bits per heavy atom. The van der Waals surface area contributed by atoms with E-state index in [2.05, 4.69) is 32.7 Å². The molecule has 2 unspecified atom stereocenters. The molecule has 1 aliphatic carbocycles. The topological polar surface area (TPSA) is 92.8 Å². The van der Waals surface area contributed by atoms with E-state index in [9.17, 15) is 9.59 Å². The summed E-state index contributed by atoms with van der Waals surface area (Å²) >= 11 is 1.46. The second-order valence-electron chi connectivity index (χ2n) is 10.1. The summed E-state index contributed by atoms with van der Waals surface area (Å²) in [5.74, 6) is 1.51. The monoisotopic (exact) mass is 548 g/mol. The number of aryl methyl sites for hydroxylation is 1. The number of carbonyl (C=O) groups excluding carboxylic acids is 2. The van der Waals surface area contributed by atoms with Crippen molar-refractivity contribution in [3.8, 4) is 11.5 Å². The molecule has 39 heavy (non-hydrogen) atoms. The number of likely N-dealkylation sites (tertiary alicyclic amines) is 1. The first-order valence-electron chi connectivity index (χ1n) is 13.8. The highest BCUT2D eigenvalue weighted by atomic mass is 32.1. The van der Waals surface area contributed by atoms with Crippen LogP contribution in [-0.4, -0.2) is 54.5 Å². The zero-order valence-corrected chi connectivity index (χ0v) is 23.2. The van der Waals surface area contributed by atoms with E-state index < -0.39 is 0 Å². The summed E-state index contributed by atoms with van der Waals surface area (Å²) in [6.07, 6.45) is 3.66. The molecule has 0 radical (unpaired) electrons. The zero-order chi connectivity index (χ0) is 27.0.